The van der Waals surface area contributed by atoms with Crippen molar-refractivity contribution in [1.29, 1.82) is 0 Å². The van der Waals surface area contributed by atoms with Crippen LogP contribution >= 0.6 is 15.9 Å². The highest BCUT2D eigenvalue weighted by molar-refractivity contribution is 9.10. The number of ether oxygens (including phenoxy) is 1. The molecule has 1 amide bonds. The van der Waals surface area contributed by atoms with Gasteiger partial charge in [0.1, 0.15) is 6.61 Å². The molecule has 0 atom stereocenters. The second-order valence-corrected chi connectivity index (χ2v) is 3.57. The topological polar surface area (TPSA) is 64.3 Å². The molecule has 0 bridgehead atoms. The van der Waals surface area contributed by atoms with E-state index in [0.717, 1.165) is 4.47 Å². The Morgan fingerprint density at radius 2 is 2.36 bits per heavy atom. The van der Waals surface area contributed by atoms with Crippen LogP contribution in [-0.4, -0.2) is 19.6 Å². The number of hydrogen-bond donors (Lipinski definition) is 2. The molecule has 0 saturated carbocycles. The van der Waals surface area contributed by atoms with Crippen molar-refractivity contribution in [2.45, 2.75) is 0 Å². The van der Waals surface area contributed by atoms with Gasteiger partial charge in [0.25, 0.3) is 0 Å². The summed E-state index contributed by atoms with van der Waals surface area (Å²) in [6, 6.07) is 5.21. The molecule has 0 unspecified atom stereocenters. The predicted molar refractivity (Wildman–Crippen MR) is 59.1 cm³/mol. The Hall–Kier alpha value is -1.07. The van der Waals surface area contributed by atoms with Gasteiger partial charge in [-0.05, 0) is 34.1 Å². The van der Waals surface area contributed by atoms with Gasteiger partial charge in [-0.25, -0.2) is 0 Å². The van der Waals surface area contributed by atoms with Crippen molar-refractivity contribution in [3.8, 4) is 0 Å². The minimum Gasteiger partial charge on any atom is -0.398 e. The van der Waals surface area contributed by atoms with Crippen LogP contribution < -0.4 is 11.1 Å². The summed E-state index contributed by atoms with van der Waals surface area (Å²) in [5.74, 6) is -0.200. The van der Waals surface area contributed by atoms with Gasteiger partial charge < -0.3 is 15.8 Å². The van der Waals surface area contributed by atoms with Crippen LogP contribution in [-0.2, 0) is 9.53 Å². The zero-order valence-electron chi connectivity index (χ0n) is 7.71. The molecule has 0 heterocycles. The van der Waals surface area contributed by atoms with Crippen molar-refractivity contribution >= 4 is 33.2 Å². The number of amides is 1. The molecular weight excluding hydrogens is 248 g/mol. The molecule has 1 rings (SSSR count). The van der Waals surface area contributed by atoms with Crippen molar-refractivity contribution in [1.82, 2.24) is 0 Å². The minimum atomic E-state index is -0.200. The van der Waals surface area contributed by atoms with E-state index in [1.807, 2.05) is 0 Å². The average molecular weight is 259 g/mol. The first-order chi connectivity index (χ1) is 6.63. The van der Waals surface area contributed by atoms with Gasteiger partial charge in [-0.15, -0.1) is 0 Å². The number of hydrogen-bond acceptors (Lipinski definition) is 3. The van der Waals surface area contributed by atoms with Crippen LogP contribution in [0.5, 0.6) is 0 Å². The van der Waals surface area contributed by atoms with Gasteiger partial charge >= 0.3 is 0 Å². The van der Waals surface area contributed by atoms with Crippen LogP contribution in [0.3, 0.4) is 0 Å². The molecule has 0 aromatic heterocycles. The number of nitrogen functional groups attached to an aromatic ring is 1. The van der Waals surface area contributed by atoms with E-state index in [1.54, 1.807) is 18.2 Å². The molecule has 0 saturated heterocycles. The Bertz CT molecular complexity index is 342. The average Bonchev–Trinajstić information content (AvgIpc) is 2.12. The lowest BCUT2D eigenvalue weighted by molar-refractivity contribution is -0.119. The van der Waals surface area contributed by atoms with Crippen LogP contribution in [0, 0.1) is 0 Å². The second-order valence-electron chi connectivity index (χ2n) is 2.72. The molecule has 1 aromatic rings. The first-order valence-electron chi connectivity index (χ1n) is 3.97. The van der Waals surface area contributed by atoms with E-state index in [4.69, 9.17) is 5.73 Å². The molecule has 0 aliphatic carbocycles. The van der Waals surface area contributed by atoms with Crippen molar-refractivity contribution in [3.05, 3.63) is 22.7 Å². The highest BCUT2D eigenvalue weighted by Gasteiger charge is 2.02. The van der Waals surface area contributed by atoms with E-state index in [-0.39, 0.29) is 12.5 Å². The lowest BCUT2D eigenvalue weighted by Crippen LogP contribution is -2.17. The van der Waals surface area contributed by atoms with Crippen LogP contribution in [0.1, 0.15) is 0 Å². The molecule has 4 nitrogen and oxygen atoms in total. The number of rotatable bonds is 3. The molecular formula is C9H11BrN2O2. The van der Waals surface area contributed by atoms with Crippen LogP contribution in [0.2, 0.25) is 0 Å². The van der Waals surface area contributed by atoms with Crippen molar-refractivity contribution in [2.24, 2.45) is 0 Å². The normalized spacial score (nSPS) is 9.86. The maximum absolute atomic E-state index is 11.1. The molecule has 3 N–H and O–H groups in total. The zero-order valence-corrected chi connectivity index (χ0v) is 9.30. The lowest BCUT2D eigenvalue weighted by atomic mass is 10.3. The monoisotopic (exact) mass is 258 g/mol. The fourth-order valence-corrected chi connectivity index (χ4v) is 1.20. The number of nitrogens with one attached hydrogen (secondary N) is 1. The number of methoxy groups -OCH3 is 1. The van der Waals surface area contributed by atoms with Gasteiger partial charge in [0, 0.05) is 23.0 Å². The first-order valence-corrected chi connectivity index (χ1v) is 4.76. The second kappa shape index (κ2) is 4.97. The van der Waals surface area contributed by atoms with Crippen LogP contribution in [0.15, 0.2) is 22.7 Å². The Morgan fingerprint density at radius 1 is 1.64 bits per heavy atom. The van der Waals surface area contributed by atoms with E-state index < -0.39 is 0 Å². The van der Waals surface area contributed by atoms with Gasteiger partial charge in [0.05, 0.1) is 0 Å². The number of carbonyl (C=O) groups excluding carboxylic acids is 1. The van der Waals surface area contributed by atoms with E-state index >= 15 is 0 Å². The third-order valence-electron chi connectivity index (χ3n) is 1.56. The molecule has 76 valence electrons. The molecule has 1 aromatic carbocycles. The Labute approximate surface area is 90.6 Å². The highest BCUT2D eigenvalue weighted by atomic mass is 79.9. The minimum absolute atomic E-state index is 0.0377. The largest absolute Gasteiger partial charge is 0.398 e. The Balaban J connectivity index is 2.68. The van der Waals surface area contributed by atoms with E-state index in [9.17, 15) is 4.79 Å². The smallest absolute Gasteiger partial charge is 0.250 e. The summed E-state index contributed by atoms with van der Waals surface area (Å²) in [7, 11) is 1.47. The van der Waals surface area contributed by atoms with Crippen molar-refractivity contribution in [3.63, 3.8) is 0 Å². The molecule has 0 aliphatic heterocycles. The van der Waals surface area contributed by atoms with E-state index in [1.165, 1.54) is 7.11 Å². The van der Waals surface area contributed by atoms with Gasteiger partial charge in [-0.1, -0.05) is 0 Å². The quantitative estimate of drug-likeness (QED) is 0.810. The lowest BCUT2D eigenvalue weighted by Gasteiger charge is -2.05. The maximum atomic E-state index is 11.1. The molecule has 14 heavy (non-hydrogen) atoms. The number of carbonyl (C=O) groups is 1. The fraction of sp³-hybridized carbons (Fsp3) is 0.222. The summed E-state index contributed by atoms with van der Waals surface area (Å²) < 4.78 is 5.48. The van der Waals surface area contributed by atoms with Crippen molar-refractivity contribution in [2.75, 3.05) is 24.8 Å². The van der Waals surface area contributed by atoms with Gasteiger partial charge in [0.2, 0.25) is 5.91 Å². The SMILES string of the molecule is COCC(=O)Nc1ccc(Br)c(N)c1. The van der Waals surface area contributed by atoms with Gasteiger partial charge in [0.15, 0.2) is 0 Å². The number of benzene rings is 1. The maximum Gasteiger partial charge on any atom is 0.250 e. The molecule has 0 fully saturated rings. The highest BCUT2D eigenvalue weighted by Crippen LogP contribution is 2.22. The molecule has 0 radical (unpaired) electrons. The molecule has 0 spiro atoms. The summed E-state index contributed by atoms with van der Waals surface area (Å²) in [5, 5.41) is 2.65. The first kappa shape index (κ1) is 11.0. The predicted octanol–water partition coefficient (Wildman–Crippen LogP) is 1.62. The van der Waals surface area contributed by atoms with Gasteiger partial charge in [-0.2, -0.15) is 0 Å². The summed E-state index contributed by atoms with van der Waals surface area (Å²) in [6.45, 7) is 0.0377. The Morgan fingerprint density at radius 3 is 2.93 bits per heavy atom. The Kier molecular flexibility index (Phi) is 3.91. The summed E-state index contributed by atoms with van der Waals surface area (Å²) >= 11 is 3.26. The van der Waals surface area contributed by atoms with E-state index in [2.05, 4.69) is 26.0 Å². The fourth-order valence-electron chi connectivity index (χ4n) is 0.950. The third-order valence-corrected chi connectivity index (χ3v) is 2.28. The van der Waals surface area contributed by atoms with Gasteiger partial charge in [-0.3, -0.25) is 4.79 Å². The van der Waals surface area contributed by atoms with Crippen LogP contribution in [0.25, 0.3) is 0 Å². The summed E-state index contributed by atoms with van der Waals surface area (Å²) in [6.07, 6.45) is 0. The number of halogens is 1. The van der Waals surface area contributed by atoms with Crippen molar-refractivity contribution < 1.29 is 9.53 Å². The summed E-state index contributed by atoms with van der Waals surface area (Å²) in [4.78, 5) is 11.1. The van der Waals surface area contributed by atoms with Crippen LogP contribution in [0.4, 0.5) is 11.4 Å². The zero-order chi connectivity index (χ0) is 10.6. The number of nitrogens with two attached hydrogens (primary N) is 1. The van der Waals surface area contributed by atoms with E-state index in [0.29, 0.717) is 11.4 Å². The standard InChI is InChI=1S/C9H11BrN2O2/c1-14-5-9(13)12-6-2-3-7(10)8(11)4-6/h2-4H,5,11H2,1H3,(H,12,13). The number of anilines is 2. The molecule has 0 aliphatic rings. The summed E-state index contributed by atoms with van der Waals surface area (Å²) in [5.41, 5.74) is 6.88. The third kappa shape index (κ3) is 3.01. The molecule has 5 heteroatoms.